The number of aliphatic imine (C=N–C) groups is 1. The molecule has 0 aliphatic carbocycles. The van der Waals surface area contributed by atoms with E-state index in [1.54, 1.807) is 0 Å². The summed E-state index contributed by atoms with van der Waals surface area (Å²) in [6.45, 7) is 11.7. The van der Waals surface area contributed by atoms with Crippen molar-refractivity contribution in [2.45, 2.75) is 46.1 Å². The number of ether oxygens (including phenoxy) is 3. The number of guanidine groups is 1. The van der Waals surface area contributed by atoms with Crippen molar-refractivity contribution in [1.82, 2.24) is 10.6 Å². The predicted molar refractivity (Wildman–Crippen MR) is 125 cm³/mol. The quantitative estimate of drug-likeness (QED) is 0.209. The topological polar surface area (TPSA) is 64.1 Å². The highest BCUT2D eigenvalue weighted by Gasteiger charge is 2.15. The first kappa shape index (κ1) is 25.0. The lowest BCUT2D eigenvalue weighted by molar-refractivity contribution is 0.0420. The molecule has 1 fully saturated rings. The smallest absolute Gasteiger partial charge is 0.191 e. The largest absolute Gasteiger partial charge is 0.493 e. The van der Waals surface area contributed by atoms with Crippen LogP contribution in [0, 0.1) is 13.8 Å². The number of benzene rings is 1. The molecule has 160 valence electrons. The van der Waals surface area contributed by atoms with Gasteiger partial charge in [0.15, 0.2) is 5.96 Å². The highest BCUT2D eigenvalue weighted by Crippen LogP contribution is 2.22. The maximum absolute atomic E-state index is 5.93. The molecule has 0 saturated carbocycles. The van der Waals surface area contributed by atoms with Gasteiger partial charge in [0.1, 0.15) is 5.75 Å². The number of para-hydroxylation sites is 1. The van der Waals surface area contributed by atoms with Crippen molar-refractivity contribution in [3.05, 3.63) is 29.3 Å². The molecule has 0 radical (unpaired) electrons. The molecule has 0 amide bonds. The van der Waals surface area contributed by atoms with Crippen molar-refractivity contribution in [2.75, 3.05) is 46.1 Å². The van der Waals surface area contributed by atoms with Crippen molar-refractivity contribution >= 4 is 29.9 Å². The highest BCUT2D eigenvalue weighted by atomic mass is 127. The fourth-order valence-electron chi connectivity index (χ4n) is 2.97. The van der Waals surface area contributed by atoms with Crippen molar-refractivity contribution in [2.24, 2.45) is 4.99 Å². The molecule has 1 saturated heterocycles. The Morgan fingerprint density at radius 2 is 1.96 bits per heavy atom. The fourth-order valence-corrected chi connectivity index (χ4v) is 2.97. The van der Waals surface area contributed by atoms with E-state index in [1.807, 2.05) is 0 Å². The summed E-state index contributed by atoms with van der Waals surface area (Å²) in [5.74, 6) is 1.85. The maximum atomic E-state index is 5.93. The molecule has 1 aliphatic rings. The van der Waals surface area contributed by atoms with Gasteiger partial charge in [-0.05, 0) is 44.7 Å². The minimum atomic E-state index is 0. The molecule has 1 aromatic rings. The number of hydrogen-bond donors (Lipinski definition) is 2. The second-order valence-electron chi connectivity index (χ2n) is 6.82. The molecule has 0 bridgehead atoms. The van der Waals surface area contributed by atoms with Gasteiger partial charge < -0.3 is 24.8 Å². The van der Waals surface area contributed by atoms with E-state index in [0.29, 0.717) is 6.61 Å². The van der Waals surface area contributed by atoms with Gasteiger partial charge in [0.25, 0.3) is 0 Å². The van der Waals surface area contributed by atoms with E-state index in [1.165, 1.54) is 11.1 Å². The molecule has 2 rings (SSSR count). The average molecular weight is 505 g/mol. The van der Waals surface area contributed by atoms with Crippen molar-refractivity contribution in [1.29, 1.82) is 0 Å². The van der Waals surface area contributed by atoms with Gasteiger partial charge in [-0.3, -0.25) is 4.99 Å². The molecule has 0 aromatic heterocycles. The van der Waals surface area contributed by atoms with Crippen LogP contribution in [0.15, 0.2) is 23.2 Å². The van der Waals surface area contributed by atoms with Gasteiger partial charge in [-0.25, -0.2) is 0 Å². The molecule has 1 unspecified atom stereocenters. The van der Waals surface area contributed by atoms with E-state index in [4.69, 9.17) is 14.2 Å². The first-order chi connectivity index (χ1) is 13.2. The van der Waals surface area contributed by atoms with Crippen molar-refractivity contribution in [3.63, 3.8) is 0 Å². The number of hydrogen-bond acceptors (Lipinski definition) is 4. The van der Waals surface area contributed by atoms with Crippen LogP contribution in [0.5, 0.6) is 5.75 Å². The standard InChI is InChI=1S/C21H35N3O3.HI/c1-4-22-21(23-11-6-13-26-19-10-15-25-16-19)24-12-7-14-27-20-17(2)8-5-9-18(20)3;/h5,8-9,19H,4,6-7,10-16H2,1-3H3,(H2,22,23,24);1H. The maximum Gasteiger partial charge on any atom is 0.191 e. The normalized spacial score (nSPS) is 16.5. The first-order valence-electron chi connectivity index (χ1n) is 10.1. The van der Waals surface area contributed by atoms with Gasteiger partial charge in [0, 0.05) is 39.3 Å². The summed E-state index contributed by atoms with van der Waals surface area (Å²) < 4.78 is 17.0. The second-order valence-corrected chi connectivity index (χ2v) is 6.82. The van der Waals surface area contributed by atoms with Gasteiger partial charge in [0.05, 0.1) is 19.3 Å². The summed E-state index contributed by atoms with van der Waals surface area (Å²) in [5, 5.41) is 6.64. The van der Waals surface area contributed by atoms with Gasteiger partial charge in [0.2, 0.25) is 0 Å². The minimum Gasteiger partial charge on any atom is -0.493 e. The Labute approximate surface area is 186 Å². The lowest BCUT2D eigenvalue weighted by atomic mass is 10.1. The first-order valence-corrected chi connectivity index (χ1v) is 10.1. The summed E-state index contributed by atoms with van der Waals surface area (Å²) in [6, 6.07) is 6.22. The van der Waals surface area contributed by atoms with Crippen LogP contribution in [0.2, 0.25) is 0 Å². The fraction of sp³-hybridized carbons (Fsp3) is 0.667. The van der Waals surface area contributed by atoms with Crippen LogP contribution < -0.4 is 15.4 Å². The number of rotatable bonds is 11. The average Bonchev–Trinajstić information content (AvgIpc) is 3.16. The molecule has 6 nitrogen and oxygen atoms in total. The van der Waals surface area contributed by atoms with Crippen LogP contribution >= 0.6 is 24.0 Å². The number of aryl methyl sites for hydroxylation is 2. The summed E-state index contributed by atoms with van der Waals surface area (Å²) >= 11 is 0. The summed E-state index contributed by atoms with van der Waals surface area (Å²) in [6.07, 6.45) is 3.14. The van der Waals surface area contributed by atoms with Crippen LogP contribution in [0.4, 0.5) is 0 Å². The van der Waals surface area contributed by atoms with E-state index in [9.17, 15) is 0 Å². The SMILES string of the molecule is CCNC(=NCCCOc1c(C)cccc1C)NCCCOC1CCOC1.I. The number of nitrogens with one attached hydrogen (secondary N) is 2. The Balaban J connectivity index is 0.00000392. The lowest BCUT2D eigenvalue weighted by Gasteiger charge is -2.13. The monoisotopic (exact) mass is 505 g/mol. The van der Waals surface area contributed by atoms with Gasteiger partial charge in [-0.15, -0.1) is 24.0 Å². The Hall–Kier alpha value is -1.06. The van der Waals surface area contributed by atoms with Crippen LogP contribution in [0.25, 0.3) is 0 Å². The van der Waals surface area contributed by atoms with E-state index in [-0.39, 0.29) is 30.1 Å². The summed E-state index contributed by atoms with van der Waals surface area (Å²) in [4.78, 5) is 4.62. The minimum absolute atomic E-state index is 0. The highest BCUT2D eigenvalue weighted by molar-refractivity contribution is 14.0. The summed E-state index contributed by atoms with van der Waals surface area (Å²) in [7, 11) is 0. The third kappa shape index (κ3) is 9.43. The third-order valence-electron chi connectivity index (χ3n) is 4.43. The van der Waals surface area contributed by atoms with Crippen LogP contribution in [-0.2, 0) is 9.47 Å². The molecule has 0 spiro atoms. The Bertz CT molecular complexity index is 558. The molecule has 1 aliphatic heterocycles. The number of nitrogens with zero attached hydrogens (tertiary/aromatic N) is 1. The molecular weight excluding hydrogens is 469 g/mol. The van der Waals surface area contributed by atoms with Gasteiger partial charge >= 0.3 is 0 Å². The Morgan fingerprint density at radius 3 is 2.64 bits per heavy atom. The molecule has 7 heteroatoms. The van der Waals surface area contributed by atoms with Gasteiger partial charge in [-0.2, -0.15) is 0 Å². The van der Waals surface area contributed by atoms with Crippen molar-refractivity contribution < 1.29 is 14.2 Å². The van der Waals surface area contributed by atoms with Crippen LogP contribution in [0.1, 0.15) is 37.3 Å². The van der Waals surface area contributed by atoms with Crippen LogP contribution in [0.3, 0.4) is 0 Å². The zero-order valence-corrected chi connectivity index (χ0v) is 19.8. The van der Waals surface area contributed by atoms with E-state index in [2.05, 4.69) is 54.6 Å². The van der Waals surface area contributed by atoms with Crippen LogP contribution in [-0.4, -0.2) is 58.1 Å². The van der Waals surface area contributed by atoms with Gasteiger partial charge in [-0.1, -0.05) is 18.2 Å². The van der Waals surface area contributed by atoms with E-state index in [0.717, 1.165) is 70.4 Å². The molecule has 2 N–H and O–H groups in total. The predicted octanol–water partition coefficient (Wildman–Crippen LogP) is 3.44. The lowest BCUT2D eigenvalue weighted by Crippen LogP contribution is -2.38. The zero-order valence-electron chi connectivity index (χ0n) is 17.5. The molecular formula is C21H36IN3O3. The van der Waals surface area contributed by atoms with Crippen molar-refractivity contribution in [3.8, 4) is 5.75 Å². The number of halogens is 1. The molecule has 28 heavy (non-hydrogen) atoms. The zero-order chi connectivity index (χ0) is 19.3. The van der Waals surface area contributed by atoms with E-state index < -0.39 is 0 Å². The Kier molecular flexibility index (Phi) is 13.3. The third-order valence-corrected chi connectivity index (χ3v) is 4.43. The molecule has 1 heterocycles. The summed E-state index contributed by atoms with van der Waals surface area (Å²) in [5.41, 5.74) is 2.36. The Morgan fingerprint density at radius 1 is 1.18 bits per heavy atom. The molecule has 1 aromatic carbocycles. The molecule has 1 atom stereocenters. The van der Waals surface area contributed by atoms with E-state index >= 15 is 0 Å². The second kappa shape index (κ2) is 14.9.